The van der Waals surface area contributed by atoms with Crippen LogP contribution in [0.15, 0.2) is 35.5 Å². The van der Waals surface area contributed by atoms with Crippen molar-refractivity contribution in [2.24, 2.45) is 5.73 Å². The van der Waals surface area contributed by atoms with Crippen LogP contribution in [0.1, 0.15) is 17.4 Å². The van der Waals surface area contributed by atoms with Gasteiger partial charge in [-0.1, -0.05) is 12.1 Å². The first-order valence-electron chi connectivity index (χ1n) is 6.76. The molecule has 1 aromatic heterocycles. The second-order valence-corrected chi connectivity index (χ2v) is 5.82. The third-order valence-corrected chi connectivity index (χ3v) is 4.58. The highest BCUT2D eigenvalue weighted by Crippen LogP contribution is 2.25. The fraction of sp³-hybridized carbons (Fsp3) is 0.429. The summed E-state index contributed by atoms with van der Waals surface area (Å²) in [4.78, 5) is 3.67. The predicted octanol–water partition coefficient (Wildman–Crippen LogP) is 1.52. The number of fused-ring (bicyclic) bond motifs is 1. The highest BCUT2D eigenvalue weighted by molar-refractivity contribution is 7.98. The van der Waals surface area contributed by atoms with Crippen molar-refractivity contribution in [3.8, 4) is 0 Å². The van der Waals surface area contributed by atoms with E-state index in [1.54, 1.807) is 18.1 Å². The largest absolute Gasteiger partial charge is 0.329 e. The highest BCUT2D eigenvalue weighted by atomic mass is 32.2. The van der Waals surface area contributed by atoms with Gasteiger partial charge in [0, 0.05) is 30.6 Å². The van der Waals surface area contributed by atoms with E-state index in [1.165, 1.54) is 10.5 Å². The Balaban J connectivity index is 1.79. The third-order valence-electron chi connectivity index (χ3n) is 3.83. The number of nitrogens with two attached hydrogens (primary N) is 1. The molecule has 5 nitrogen and oxygen atoms in total. The average molecular weight is 289 g/mol. The van der Waals surface area contributed by atoms with Crippen molar-refractivity contribution < 1.29 is 0 Å². The molecule has 2 N–H and O–H groups in total. The normalized spacial score (nSPS) is 16.9. The molecular formula is C14H19N5S. The van der Waals surface area contributed by atoms with E-state index in [-0.39, 0.29) is 6.04 Å². The predicted molar refractivity (Wildman–Crippen MR) is 80.5 cm³/mol. The van der Waals surface area contributed by atoms with Crippen molar-refractivity contribution in [2.45, 2.75) is 24.0 Å². The Hall–Kier alpha value is -1.37. The van der Waals surface area contributed by atoms with Gasteiger partial charge in [-0.05, 0) is 24.0 Å². The second kappa shape index (κ2) is 5.95. The van der Waals surface area contributed by atoms with Crippen LogP contribution in [0.25, 0.3) is 0 Å². The zero-order valence-electron chi connectivity index (χ0n) is 11.6. The molecular weight excluding hydrogens is 270 g/mol. The summed E-state index contributed by atoms with van der Waals surface area (Å²) in [6, 6.07) is 8.94. The van der Waals surface area contributed by atoms with Crippen molar-refractivity contribution in [1.82, 2.24) is 19.7 Å². The smallest absolute Gasteiger partial charge is 0.147 e. The number of nitrogens with zero attached hydrogens (tertiary/aromatic N) is 4. The number of hydrogen-bond donors (Lipinski definition) is 1. The summed E-state index contributed by atoms with van der Waals surface area (Å²) in [5.74, 6) is 1.02. The van der Waals surface area contributed by atoms with Crippen LogP contribution in [-0.2, 0) is 13.1 Å². The van der Waals surface area contributed by atoms with Crippen LogP contribution < -0.4 is 5.73 Å². The van der Waals surface area contributed by atoms with E-state index in [9.17, 15) is 0 Å². The monoisotopic (exact) mass is 289 g/mol. The maximum absolute atomic E-state index is 6.01. The molecule has 0 spiro atoms. The van der Waals surface area contributed by atoms with Gasteiger partial charge in [0.2, 0.25) is 0 Å². The molecule has 1 unspecified atom stereocenters. The SMILES string of the molecule is CSc1ccc(C(CN)N2CCn3cnnc3C2)cc1. The Morgan fingerprint density at radius 1 is 1.30 bits per heavy atom. The van der Waals surface area contributed by atoms with Gasteiger partial charge in [0.05, 0.1) is 6.54 Å². The number of aromatic nitrogens is 3. The van der Waals surface area contributed by atoms with Gasteiger partial charge in [0.25, 0.3) is 0 Å². The standard InChI is InChI=1S/C14H19N5S/c1-20-12-4-2-11(3-5-12)13(8-15)18-6-7-19-10-16-17-14(19)9-18/h2-5,10,13H,6-9,15H2,1H3. The summed E-state index contributed by atoms with van der Waals surface area (Å²) in [6.45, 7) is 3.35. The van der Waals surface area contributed by atoms with E-state index in [0.29, 0.717) is 6.54 Å². The molecule has 0 saturated carbocycles. The van der Waals surface area contributed by atoms with Crippen molar-refractivity contribution in [3.05, 3.63) is 42.0 Å². The van der Waals surface area contributed by atoms with E-state index in [1.807, 2.05) is 0 Å². The summed E-state index contributed by atoms with van der Waals surface area (Å²) in [5, 5.41) is 8.14. The van der Waals surface area contributed by atoms with Gasteiger partial charge in [0.15, 0.2) is 0 Å². The minimum absolute atomic E-state index is 0.247. The molecule has 20 heavy (non-hydrogen) atoms. The molecule has 0 amide bonds. The van der Waals surface area contributed by atoms with Crippen LogP contribution in [0.5, 0.6) is 0 Å². The van der Waals surface area contributed by atoms with Gasteiger partial charge < -0.3 is 10.3 Å². The lowest BCUT2D eigenvalue weighted by molar-refractivity contribution is 0.156. The van der Waals surface area contributed by atoms with Gasteiger partial charge in [-0.3, -0.25) is 4.90 Å². The zero-order chi connectivity index (χ0) is 13.9. The number of hydrogen-bond acceptors (Lipinski definition) is 5. The Kier molecular flexibility index (Phi) is 4.05. The van der Waals surface area contributed by atoms with E-state index < -0.39 is 0 Å². The second-order valence-electron chi connectivity index (χ2n) is 4.94. The van der Waals surface area contributed by atoms with Gasteiger partial charge in [-0.25, -0.2) is 0 Å². The maximum atomic E-state index is 6.01. The Morgan fingerprint density at radius 2 is 2.10 bits per heavy atom. The number of rotatable bonds is 4. The van der Waals surface area contributed by atoms with Gasteiger partial charge in [-0.15, -0.1) is 22.0 Å². The summed E-state index contributed by atoms with van der Waals surface area (Å²) < 4.78 is 2.11. The molecule has 2 heterocycles. The van der Waals surface area contributed by atoms with Gasteiger partial charge in [-0.2, -0.15) is 0 Å². The summed E-state index contributed by atoms with van der Waals surface area (Å²) in [6.07, 6.45) is 3.89. The quantitative estimate of drug-likeness (QED) is 0.865. The molecule has 1 aliphatic rings. The summed E-state index contributed by atoms with van der Waals surface area (Å²) >= 11 is 1.76. The first kappa shape index (κ1) is 13.6. The molecule has 3 rings (SSSR count). The average Bonchev–Trinajstić information content (AvgIpc) is 2.96. The van der Waals surface area contributed by atoms with Crippen molar-refractivity contribution in [2.75, 3.05) is 19.3 Å². The van der Waals surface area contributed by atoms with E-state index in [0.717, 1.165) is 25.5 Å². The molecule has 0 aliphatic carbocycles. The van der Waals surface area contributed by atoms with Crippen LogP contribution in [0.4, 0.5) is 0 Å². The molecule has 6 heteroatoms. The lowest BCUT2D eigenvalue weighted by Crippen LogP contribution is -2.39. The summed E-state index contributed by atoms with van der Waals surface area (Å²) in [7, 11) is 0. The molecule has 0 bridgehead atoms. The Morgan fingerprint density at radius 3 is 2.80 bits per heavy atom. The number of thioether (sulfide) groups is 1. The van der Waals surface area contributed by atoms with E-state index in [4.69, 9.17) is 5.73 Å². The van der Waals surface area contributed by atoms with Crippen molar-refractivity contribution in [1.29, 1.82) is 0 Å². The molecule has 1 aromatic carbocycles. The maximum Gasteiger partial charge on any atom is 0.147 e. The molecule has 1 atom stereocenters. The first-order valence-corrected chi connectivity index (χ1v) is 7.99. The van der Waals surface area contributed by atoms with Crippen LogP contribution >= 0.6 is 11.8 Å². The fourth-order valence-corrected chi connectivity index (χ4v) is 3.08. The Labute approximate surface area is 123 Å². The zero-order valence-corrected chi connectivity index (χ0v) is 12.4. The molecule has 2 aromatic rings. The van der Waals surface area contributed by atoms with Crippen LogP contribution in [0, 0.1) is 0 Å². The highest BCUT2D eigenvalue weighted by Gasteiger charge is 2.24. The minimum Gasteiger partial charge on any atom is -0.329 e. The topological polar surface area (TPSA) is 60.0 Å². The fourth-order valence-electron chi connectivity index (χ4n) is 2.67. The molecule has 106 valence electrons. The minimum atomic E-state index is 0.247. The van der Waals surface area contributed by atoms with E-state index >= 15 is 0 Å². The van der Waals surface area contributed by atoms with Crippen molar-refractivity contribution in [3.63, 3.8) is 0 Å². The molecule has 0 fully saturated rings. The molecule has 0 saturated heterocycles. The van der Waals surface area contributed by atoms with Crippen LogP contribution in [-0.4, -0.2) is 39.0 Å². The van der Waals surface area contributed by atoms with Gasteiger partial charge in [0.1, 0.15) is 12.2 Å². The van der Waals surface area contributed by atoms with Crippen molar-refractivity contribution >= 4 is 11.8 Å². The third kappa shape index (κ3) is 2.59. The van der Waals surface area contributed by atoms with Gasteiger partial charge >= 0.3 is 0 Å². The van der Waals surface area contributed by atoms with Crippen LogP contribution in [0.3, 0.4) is 0 Å². The Bertz CT molecular complexity index is 565. The summed E-state index contributed by atoms with van der Waals surface area (Å²) in [5.41, 5.74) is 7.29. The lowest BCUT2D eigenvalue weighted by atomic mass is 10.0. The molecule has 0 radical (unpaired) electrons. The first-order chi connectivity index (χ1) is 9.81. The van der Waals surface area contributed by atoms with E-state index in [2.05, 4.69) is 50.2 Å². The number of benzene rings is 1. The lowest BCUT2D eigenvalue weighted by Gasteiger charge is -2.34. The molecule has 1 aliphatic heterocycles. The van der Waals surface area contributed by atoms with Crippen LogP contribution in [0.2, 0.25) is 0 Å².